The molecule has 1 aliphatic heterocycles. The minimum Gasteiger partial charge on any atom is -0.353 e. The minimum atomic E-state index is -0.316. The van der Waals surface area contributed by atoms with E-state index in [0.29, 0.717) is 12.2 Å². The lowest BCUT2D eigenvalue weighted by atomic mass is 10.2. The number of anilines is 2. The number of halogens is 1. The van der Waals surface area contributed by atoms with Gasteiger partial charge in [0.2, 0.25) is 5.91 Å². The van der Waals surface area contributed by atoms with Gasteiger partial charge in [-0.05, 0) is 43.7 Å². The molecule has 1 N–H and O–H groups in total. The molecular weight excluding hydrogens is 377 g/mol. The van der Waals surface area contributed by atoms with Crippen LogP contribution in [0.3, 0.4) is 0 Å². The van der Waals surface area contributed by atoms with Gasteiger partial charge in [-0.2, -0.15) is 0 Å². The van der Waals surface area contributed by atoms with E-state index in [4.69, 9.17) is 0 Å². The third-order valence-corrected chi connectivity index (χ3v) is 6.23. The number of hydrogen-bond donors (Lipinski definition) is 1. The lowest BCUT2D eigenvalue weighted by molar-refractivity contribution is -0.117. The Morgan fingerprint density at radius 1 is 1.14 bits per heavy atom. The number of thiophene rings is 1. The van der Waals surface area contributed by atoms with Crippen molar-refractivity contribution in [3.63, 3.8) is 0 Å². The summed E-state index contributed by atoms with van der Waals surface area (Å²) in [6.45, 7) is 7.74. The van der Waals surface area contributed by atoms with Crippen molar-refractivity contribution in [3.05, 3.63) is 46.9 Å². The summed E-state index contributed by atoms with van der Waals surface area (Å²) < 4.78 is 13.0. The maximum atomic E-state index is 13.0. The van der Waals surface area contributed by atoms with E-state index in [1.54, 1.807) is 29.8 Å². The van der Waals surface area contributed by atoms with E-state index in [0.717, 1.165) is 42.2 Å². The van der Waals surface area contributed by atoms with Crippen molar-refractivity contribution in [2.45, 2.75) is 13.8 Å². The smallest absolute Gasteiger partial charge is 0.238 e. The van der Waals surface area contributed by atoms with E-state index in [9.17, 15) is 9.18 Å². The zero-order valence-electron chi connectivity index (χ0n) is 15.9. The summed E-state index contributed by atoms with van der Waals surface area (Å²) in [5.74, 6) is 0.583. The van der Waals surface area contributed by atoms with Crippen LogP contribution in [0.5, 0.6) is 0 Å². The number of hydrogen-bond acceptors (Lipinski definition) is 6. The molecule has 0 unspecified atom stereocenters. The van der Waals surface area contributed by atoms with Crippen molar-refractivity contribution in [3.8, 4) is 0 Å². The van der Waals surface area contributed by atoms with Crippen molar-refractivity contribution in [1.82, 2.24) is 14.9 Å². The predicted molar refractivity (Wildman–Crippen MR) is 111 cm³/mol. The number of piperazine rings is 1. The lowest BCUT2D eigenvalue weighted by Gasteiger charge is -2.35. The van der Waals surface area contributed by atoms with Gasteiger partial charge >= 0.3 is 0 Å². The van der Waals surface area contributed by atoms with Crippen LogP contribution in [0, 0.1) is 19.7 Å². The predicted octanol–water partition coefficient (Wildman–Crippen LogP) is 3.21. The van der Waals surface area contributed by atoms with Gasteiger partial charge in [-0.15, -0.1) is 11.3 Å². The molecule has 0 spiro atoms. The summed E-state index contributed by atoms with van der Waals surface area (Å²) in [6.07, 6.45) is 1.63. The number of nitrogens with zero attached hydrogens (tertiary/aromatic N) is 4. The van der Waals surface area contributed by atoms with Crippen molar-refractivity contribution in [1.29, 1.82) is 0 Å². The van der Waals surface area contributed by atoms with Crippen molar-refractivity contribution in [2.24, 2.45) is 0 Å². The van der Waals surface area contributed by atoms with Crippen LogP contribution in [-0.4, -0.2) is 53.5 Å². The molecule has 8 heteroatoms. The van der Waals surface area contributed by atoms with Crippen LogP contribution in [0.4, 0.5) is 15.9 Å². The van der Waals surface area contributed by atoms with E-state index in [-0.39, 0.29) is 11.7 Å². The molecule has 0 atom stereocenters. The van der Waals surface area contributed by atoms with Crippen LogP contribution in [-0.2, 0) is 4.79 Å². The molecule has 0 saturated carbocycles. The fourth-order valence-corrected chi connectivity index (χ4v) is 4.45. The van der Waals surface area contributed by atoms with Gasteiger partial charge in [-0.1, -0.05) is 0 Å². The van der Waals surface area contributed by atoms with Crippen LogP contribution in [0.15, 0.2) is 30.6 Å². The molecule has 146 valence electrons. The monoisotopic (exact) mass is 399 g/mol. The highest BCUT2D eigenvalue weighted by Crippen LogP contribution is 2.34. The summed E-state index contributed by atoms with van der Waals surface area (Å²) in [7, 11) is 0. The van der Waals surface area contributed by atoms with Gasteiger partial charge in [-0.3, -0.25) is 9.69 Å². The molecule has 1 fully saturated rings. The Hall–Kier alpha value is -2.58. The van der Waals surface area contributed by atoms with Crippen molar-refractivity contribution < 1.29 is 9.18 Å². The first-order chi connectivity index (χ1) is 13.5. The van der Waals surface area contributed by atoms with Gasteiger partial charge in [0.25, 0.3) is 0 Å². The Morgan fingerprint density at radius 3 is 2.57 bits per heavy atom. The first-order valence-electron chi connectivity index (χ1n) is 9.24. The number of nitrogens with one attached hydrogen (secondary N) is 1. The summed E-state index contributed by atoms with van der Waals surface area (Å²) in [6, 6.07) is 5.81. The normalized spacial score (nSPS) is 15.2. The molecule has 6 nitrogen and oxygen atoms in total. The number of carbonyl (C=O) groups is 1. The standard InChI is InChI=1S/C20H22FN5OS/c1-13-14(2)28-20-18(13)19(22-12-23-20)26-9-7-25(8-10-26)11-17(27)24-16-5-3-15(21)4-6-16/h3-6,12H,7-11H2,1-2H3,(H,24,27). The van der Waals surface area contributed by atoms with Crippen LogP contribution in [0.2, 0.25) is 0 Å². The fraction of sp³-hybridized carbons (Fsp3) is 0.350. The first-order valence-corrected chi connectivity index (χ1v) is 10.1. The van der Waals surface area contributed by atoms with Gasteiger partial charge in [0.1, 0.15) is 22.8 Å². The topological polar surface area (TPSA) is 61.4 Å². The number of carbonyl (C=O) groups excluding carboxylic acids is 1. The number of fused-ring (bicyclic) bond motifs is 1. The number of benzene rings is 1. The maximum Gasteiger partial charge on any atom is 0.238 e. The molecule has 3 aromatic rings. The average Bonchev–Trinajstić information content (AvgIpc) is 2.98. The summed E-state index contributed by atoms with van der Waals surface area (Å²) >= 11 is 1.70. The zero-order chi connectivity index (χ0) is 19.7. The van der Waals surface area contributed by atoms with E-state index in [1.165, 1.54) is 22.6 Å². The Labute approximate surface area is 167 Å². The second-order valence-corrected chi connectivity index (χ2v) is 8.18. The Morgan fingerprint density at radius 2 is 1.86 bits per heavy atom. The molecule has 1 aromatic carbocycles. The average molecular weight is 399 g/mol. The lowest BCUT2D eigenvalue weighted by Crippen LogP contribution is -2.49. The molecule has 0 aliphatic carbocycles. The second-order valence-electron chi connectivity index (χ2n) is 6.98. The third kappa shape index (κ3) is 3.83. The van der Waals surface area contributed by atoms with Crippen LogP contribution in [0.25, 0.3) is 10.2 Å². The molecule has 3 heterocycles. The summed E-state index contributed by atoms with van der Waals surface area (Å²) in [5, 5.41) is 3.96. The van der Waals surface area contributed by atoms with Gasteiger partial charge in [-0.25, -0.2) is 14.4 Å². The number of amides is 1. The van der Waals surface area contributed by atoms with Crippen molar-refractivity contribution >= 4 is 39.0 Å². The van der Waals surface area contributed by atoms with Crippen LogP contribution >= 0.6 is 11.3 Å². The quantitative estimate of drug-likeness (QED) is 0.730. The van der Waals surface area contributed by atoms with Gasteiger partial charge in [0, 0.05) is 36.7 Å². The van der Waals surface area contributed by atoms with Crippen LogP contribution < -0.4 is 10.2 Å². The van der Waals surface area contributed by atoms with Gasteiger partial charge in [0.15, 0.2) is 0 Å². The molecule has 1 aliphatic rings. The minimum absolute atomic E-state index is 0.0891. The molecule has 1 saturated heterocycles. The van der Waals surface area contributed by atoms with Crippen molar-refractivity contribution in [2.75, 3.05) is 42.9 Å². The number of aromatic nitrogens is 2. The Bertz CT molecular complexity index is 996. The molecule has 28 heavy (non-hydrogen) atoms. The number of rotatable bonds is 4. The fourth-order valence-electron chi connectivity index (χ4n) is 3.46. The van der Waals surface area contributed by atoms with E-state index >= 15 is 0 Å². The van der Waals surface area contributed by atoms with E-state index < -0.39 is 0 Å². The second kappa shape index (κ2) is 7.81. The summed E-state index contributed by atoms with van der Waals surface area (Å²) in [5.41, 5.74) is 1.86. The van der Waals surface area contributed by atoms with Gasteiger partial charge in [0.05, 0.1) is 11.9 Å². The maximum absolute atomic E-state index is 13.0. The summed E-state index contributed by atoms with van der Waals surface area (Å²) in [4.78, 5) is 27.9. The first kappa shape index (κ1) is 18.8. The Balaban J connectivity index is 1.37. The zero-order valence-corrected chi connectivity index (χ0v) is 16.7. The molecule has 0 bridgehead atoms. The molecule has 0 radical (unpaired) electrons. The largest absolute Gasteiger partial charge is 0.353 e. The Kier molecular flexibility index (Phi) is 5.23. The van der Waals surface area contributed by atoms with Gasteiger partial charge < -0.3 is 10.2 Å². The highest BCUT2D eigenvalue weighted by Gasteiger charge is 2.23. The van der Waals surface area contributed by atoms with E-state index in [1.807, 2.05) is 0 Å². The molecule has 1 amide bonds. The molecular formula is C20H22FN5OS. The number of aryl methyl sites for hydroxylation is 2. The molecule has 2 aromatic heterocycles. The van der Waals surface area contributed by atoms with E-state index in [2.05, 4.69) is 38.9 Å². The third-order valence-electron chi connectivity index (χ3n) is 5.11. The SMILES string of the molecule is Cc1sc2ncnc(N3CCN(CC(=O)Nc4ccc(F)cc4)CC3)c2c1C. The highest BCUT2D eigenvalue weighted by molar-refractivity contribution is 7.18. The molecule has 4 rings (SSSR count). The van der Waals surface area contributed by atoms with Crippen LogP contribution in [0.1, 0.15) is 10.4 Å². The highest BCUT2D eigenvalue weighted by atomic mass is 32.1.